The van der Waals surface area contributed by atoms with E-state index in [4.69, 9.17) is 9.84 Å². The first-order chi connectivity index (χ1) is 12.6. The second kappa shape index (κ2) is 10.5. The molecule has 1 aromatic carbocycles. The molecule has 1 amide bonds. The number of rotatable bonds is 8. The number of aliphatic hydroxyl groups is 1. The lowest BCUT2D eigenvalue weighted by Gasteiger charge is -2.24. The van der Waals surface area contributed by atoms with Crippen molar-refractivity contribution < 1.29 is 24.2 Å². The van der Waals surface area contributed by atoms with Crippen LogP contribution in [0.2, 0.25) is 0 Å². The van der Waals surface area contributed by atoms with Crippen molar-refractivity contribution in [1.29, 1.82) is 0 Å². The molecule has 1 saturated carbocycles. The van der Waals surface area contributed by atoms with E-state index >= 15 is 0 Å². The molecule has 1 aliphatic carbocycles. The average molecular weight is 362 g/mol. The Morgan fingerprint density at radius 2 is 1.96 bits per heavy atom. The van der Waals surface area contributed by atoms with Crippen molar-refractivity contribution in [2.24, 2.45) is 0 Å². The predicted molar refractivity (Wildman–Crippen MR) is 97.8 cm³/mol. The molecule has 1 fully saturated rings. The van der Waals surface area contributed by atoms with Crippen LogP contribution in [-0.2, 0) is 14.3 Å². The maximum Gasteiger partial charge on any atom is 0.332 e. The van der Waals surface area contributed by atoms with Gasteiger partial charge >= 0.3 is 5.97 Å². The number of anilines is 1. The normalized spacial score (nSPS) is 15.2. The van der Waals surface area contributed by atoms with Crippen LogP contribution in [0.15, 0.2) is 36.0 Å². The molecule has 26 heavy (non-hydrogen) atoms. The van der Waals surface area contributed by atoms with Crippen LogP contribution in [0, 0.1) is 0 Å². The van der Waals surface area contributed by atoms with Crippen molar-refractivity contribution >= 4 is 17.6 Å². The van der Waals surface area contributed by atoms with Gasteiger partial charge in [-0.15, -0.1) is 0 Å². The molecule has 0 atom stereocenters. The minimum Gasteiger partial charge on any atom is -0.489 e. The van der Waals surface area contributed by atoms with Gasteiger partial charge < -0.3 is 25.2 Å². The molecule has 0 radical (unpaired) electrons. The zero-order chi connectivity index (χ0) is 18.8. The van der Waals surface area contributed by atoms with Gasteiger partial charge in [0.2, 0.25) is 0 Å². The number of aliphatic hydroxyl groups excluding tert-OH is 1. The van der Waals surface area contributed by atoms with Crippen molar-refractivity contribution in [3.05, 3.63) is 36.0 Å². The van der Waals surface area contributed by atoms with Crippen LogP contribution in [0.25, 0.3) is 0 Å². The maximum atomic E-state index is 12.7. The van der Waals surface area contributed by atoms with Gasteiger partial charge in [0.25, 0.3) is 5.91 Å². The van der Waals surface area contributed by atoms with Gasteiger partial charge in [0.1, 0.15) is 18.1 Å². The number of nitrogens with one attached hydrogen (secondary N) is 2. The molecule has 0 aliphatic heterocycles. The van der Waals surface area contributed by atoms with E-state index in [1.54, 1.807) is 24.3 Å². The molecule has 3 N–H and O–H groups in total. The fourth-order valence-corrected chi connectivity index (χ4v) is 2.84. The summed E-state index contributed by atoms with van der Waals surface area (Å²) in [5, 5.41) is 14.9. The van der Waals surface area contributed by atoms with Crippen molar-refractivity contribution in [3.8, 4) is 5.75 Å². The Morgan fingerprint density at radius 1 is 1.23 bits per heavy atom. The van der Waals surface area contributed by atoms with Crippen molar-refractivity contribution in [3.63, 3.8) is 0 Å². The van der Waals surface area contributed by atoms with Crippen LogP contribution in [0.5, 0.6) is 5.75 Å². The number of ether oxygens (including phenoxy) is 2. The number of para-hydroxylation sites is 2. The summed E-state index contributed by atoms with van der Waals surface area (Å²) in [5.41, 5.74) is 0.609. The van der Waals surface area contributed by atoms with Crippen LogP contribution < -0.4 is 15.4 Å². The molecule has 7 heteroatoms. The van der Waals surface area contributed by atoms with Crippen LogP contribution in [0.4, 0.5) is 5.69 Å². The van der Waals surface area contributed by atoms with E-state index in [9.17, 15) is 9.59 Å². The van der Waals surface area contributed by atoms with Gasteiger partial charge in [0.15, 0.2) is 0 Å². The fraction of sp³-hybridized carbons (Fsp3) is 0.474. The summed E-state index contributed by atoms with van der Waals surface area (Å²) in [5.74, 6) is -0.512. The summed E-state index contributed by atoms with van der Waals surface area (Å²) in [6.07, 6.45) is 6.37. The summed E-state index contributed by atoms with van der Waals surface area (Å²) in [6, 6.07) is 7.12. The first-order valence-corrected chi connectivity index (χ1v) is 8.84. The van der Waals surface area contributed by atoms with E-state index in [1.165, 1.54) is 13.5 Å². The van der Waals surface area contributed by atoms with Gasteiger partial charge in [0, 0.05) is 6.04 Å². The van der Waals surface area contributed by atoms with Gasteiger partial charge in [0.05, 0.1) is 25.5 Å². The van der Waals surface area contributed by atoms with Gasteiger partial charge in [-0.1, -0.05) is 31.4 Å². The largest absolute Gasteiger partial charge is 0.489 e. The Balaban J connectivity index is 2.16. The molecule has 7 nitrogen and oxygen atoms in total. The molecule has 0 spiro atoms. The molecule has 0 aromatic heterocycles. The van der Waals surface area contributed by atoms with E-state index < -0.39 is 5.97 Å². The predicted octanol–water partition coefficient (Wildman–Crippen LogP) is 1.98. The molecule has 142 valence electrons. The zero-order valence-electron chi connectivity index (χ0n) is 15.0. The lowest BCUT2D eigenvalue weighted by molar-refractivity contribution is -0.135. The highest BCUT2D eigenvalue weighted by molar-refractivity contribution is 6.02. The second-order valence-corrected chi connectivity index (χ2v) is 6.08. The van der Waals surface area contributed by atoms with Crippen LogP contribution >= 0.6 is 0 Å². The summed E-state index contributed by atoms with van der Waals surface area (Å²) in [4.78, 5) is 24.3. The molecular formula is C19H26N2O5. The second-order valence-electron chi connectivity index (χ2n) is 6.08. The molecule has 1 aromatic rings. The Morgan fingerprint density at radius 3 is 2.65 bits per heavy atom. The first-order valence-electron chi connectivity index (χ1n) is 8.84. The van der Waals surface area contributed by atoms with Crippen LogP contribution in [0.3, 0.4) is 0 Å². The molecule has 0 bridgehead atoms. The highest BCUT2D eigenvalue weighted by Crippen LogP contribution is 2.25. The number of carbonyl (C=O) groups is 2. The lowest BCUT2D eigenvalue weighted by atomic mass is 9.95. The molecule has 0 saturated heterocycles. The Hall–Kier alpha value is -2.54. The standard InChI is InChI=1S/C19H26N2O5/c1-25-18(23)13-16(19(24)20-14-7-3-2-4-8-14)21-15-9-5-6-10-17(15)26-12-11-22/h5-6,9-10,13-14,21-22H,2-4,7-8,11-12H2,1H3,(H,20,24)/b16-13-. The number of hydrogen-bond donors (Lipinski definition) is 3. The minimum absolute atomic E-state index is 0.0856. The molecular weight excluding hydrogens is 336 g/mol. The van der Waals surface area contributed by atoms with E-state index in [0.29, 0.717) is 11.4 Å². The minimum atomic E-state index is -0.625. The van der Waals surface area contributed by atoms with Crippen molar-refractivity contribution in [2.45, 2.75) is 38.1 Å². The van der Waals surface area contributed by atoms with Crippen LogP contribution in [0.1, 0.15) is 32.1 Å². The number of carbonyl (C=O) groups excluding carboxylic acids is 2. The summed E-state index contributed by atoms with van der Waals surface area (Å²) < 4.78 is 10.1. The third-order valence-corrected chi connectivity index (χ3v) is 4.15. The number of hydrogen-bond acceptors (Lipinski definition) is 6. The van der Waals surface area contributed by atoms with Crippen molar-refractivity contribution in [1.82, 2.24) is 5.32 Å². The Labute approximate surface area is 153 Å². The third-order valence-electron chi connectivity index (χ3n) is 4.15. The molecule has 0 heterocycles. The lowest BCUT2D eigenvalue weighted by Crippen LogP contribution is -2.38. The van der Waals surface area contributed by atoms with E-state index in [1.807, 2.05) is 0 Å². The topological polar surface area (TPSA) is 96.9 Å². The number of esters is 1. The fourth-order valence-electron chi connectivity index (χ4n) is 2.84. The number of amides is 1. The first kappa shape index (κ1) is 19.8. The number of methoxy groups -OCH3 is 1. The maximum absolute atomic E-state index is 12.7. The van der Waals surface area contributed by atoms with Crippen molar-refractivity contribution in [2.75, 3.05) is 25.6 Å². The Bertz CT molecular complexity index is 639. The monoisotopic (exact) mass is 362 g/mol. The van der Waals surface area contributed by atoms with E-state index in [-0.39, 0.29) is 30.9 Å². The number of benzene rings is 1. The van der Waals surface area contributed by atoms with Crippen LogP contribution in [-0.4, -0.2) is 43.3 Å². The molecule has 0 unspecified atom stereocenters. The smallest absolute Gasteiger partial charge is 0.332 e. The van der Waals surface area contributed by atoms with E-state index in [0.717, 1.165) is 31.8 Å². The SMILES string of the molecule is COC(=O)/C=C(\Nc1ccccc1OCCO)C(=O)NC1CCCCC1. The van der Waals surface area contributed by atoms with Gasteiger partial charge in [-0.05, 0) is 25.0 Å². The molecule has 2 rings (SSSR count). The summed E-state index contributed by atoms with van der Waals surface area (Å²) in [7, 11) is 1.26. The van der Waals surface area contributed by atoms with Gasteiger partial charge in [-0.2, -0.15) is 0 Å². The molecule has 1 aliphatic rings. The van der Waals surface area contributed by atoms with Gasteiger partial charge in [-0.3, -0.25) is 4.79 Å². The van der Waals surface area contributed by atoms with E-state index in [2.05, 4.69) is 15.4 Å². The summed E-state index contributed by atoms with van der Waals surface area (Å²) >= 11 is 0. The highest BCUT2D eigenvalue weighted by Gasteiger charge is 2.20. The zero-order valence-corrected chi connectivity index (χ0v) is 15.0. The summed E-state index contributed by atoms with van der Waals surface area (Å²) in [6.45, 7) is 0.00434. The third kappa shape index (κ3) is 6.07. The average Bonchev–Trinajstić information content (AvgIpc) is 2.67. The Kier molecular flexibility index (Phi) is 7.95. The highest BCUT2D eigenvalue weighted by atomic mass is 16.5. The quantitative estimate of drug-likeness (QED) is 0.483. The van der Waals surface area contributed by atoms with Gasteiger partial charge in [-0.25, -0.2) is 4.79 Å².